The molecule has 0 saturated carbocycles. The van der Waals surface area contributed by atoms with E-state index in [0.29, 0.717) is 0 Å². The highest BCUT2D eigenvalue weighted by Crippen LogP contribution is 2.18. The van der Waals surface area contributed by atoms with E-state index in [-0.39, 0.29) is 11.3 Å². The highest BCUT2D eigenvalue weighted by atomic mass is 19.1. The van der Waals surface area contributed by atoms with E-state index in [9.17, 15) is 14.0 Å². The van der Waals surface area contributed by atoms with Crippen LogP contribution in [0.4, 0.5) is 14.9 Å². The summed E-state index contributed by atoms with van der Waals surface area (Å²) in [6.07, 6.45) is -0.726. The molecule has 0 aliphatic rings. The Labute approximate surface area is 111 Å². The molecule has 6 heteroatoms. The van der Waals surface area contributed by atoms with Gasteiger partial charge in [-0.05, 0) is 39.0 Å². The summed E-state index contributed by atoms with van der Waals surface area (Å²) in [7, 11) is 1.20. The van der Waals surface area contributed by atoms with Crippen molar-refractivity contribution >= 4 is 17.7 Å². The number of nitrogens with one attached hydrogen (secondary N) is 2. The topological polar surface area (TPSA) is 67.4 Å². The lowest BCUT2D eigenvalue weighted by molar-refractivity contribution is 0.0920. The van der Waals surface area contributed by atoms with Crippen molar-refractivity contribution in [2.75, 3.05) is 12.4 Å². The average Bonchev–Trinajstić information content (AvgIpc) is 2.29. The summed E-state index contributed by atoms with van der Waals surface area (Å²) in [6.45, 7) is 5.41. The summed E-state index contributed by atoms with van der Waals surface area (Å²) < 4.78 is 17.7. The van der Waals surface area contributed by atoms with Gasteiger partial charge in [0.1, 0.15) is 5.82 Å². The normalized spacial score (nSPS) is 10.8. The first-order chi connectivity index (χ1) is 8.73. The SMILES string of the molecule is COC(=O)Nc1ccc(F)cc1C(=O)NC(C)(C)C. The molecule has 0 radical (unpaired) electrons. The van der Waals surface area contributed by atoms with Gasteiger partial charge in [-0.1, -0.05) is 0 Å². The summed E-state index contributed by atoms with van der Waals surface area (Å²) in [5.41, 5.74) is -0.235. The van der Waals surface area contributed by atoms with Crippen LogP contribution < -0.4 is 10.6 Å². The Kier molecular flexibility index (Phi) is 4.47. The van der Waals surface area contributed by atoms with Crippen molar-refractivity contribution in [1.29, 1.82) is 0 Å². The lowest BCUT2D eigenvalue weighted by atomic mass is 10.1. The maximum atomic E-state index is 13.2. The van der Waals surface area contributed by atoms with Crippen LogP contribution in [-0.4, -0.2) is 24.6 Å². The molecule has 0 unspecified atom stereocenters. The monoisotopic (exact) mass is 268 g/mol. The molecule has 0 heterocycles. The second-order valence-corrected chi connectivity index (χ2v) is 5.01. The van der Waals surface area contributed by atoms with Crippen LogP contribution in [-0.2, 0) is 4.74 Å². The predicted molar refractivity (Wildman–Crippen MR) is 69.6 cm³/mol. The number of hydrogen-bond acceptors (Lipinski definition) is 3. The minimum Gasteiger partial charge on any atom is -0.453 e. The quantitative estimate of drug-likeness (QED) is 0.866. The number of benzene rings is 1. The van der Waals surface area contributed by atoms with E-state index in [2.05, 4.69) is 15.4 Å². The van der Waals surface area contributed by atoms with Crippen molar-refractivity contribution < 1.29 is 18.7 Å². The number of halogens is 1. The van der Waals surface area contributed by atoms with Gasteiger partial charge in [-0.25, -0.2) is 9.18 Å². The number of carbonyl (C=O) groups excluding carboxylic acids is 2. The largest absolute Gasteiger partial charge is 0.453 e. The minimum absolute atomic E-state index is 0.0420. The molecule has 0 aliphatic carbocycles. The fourth-order valence-electron chi connectivity index (χ4n) is 1.38. The molecule has 1 rings (SSSR count). The van der Waals surface area contributed by atoms with Crippen molar-refractivity contribution in [2.24, 2.45) is 0 Å². The number of anilines is 1. The van der Waals surface area contributed by atoms with Gasteiger partial charge in [0.25, 0.3) is 5.91 Å². The Morgan fingerprint density at radius 3 is 2.42 bits per heavy atom. The first-order valence-electron chi connectivity index (χ1n) is 5.70. The van der Waals surface area contributed by atoms with Crippen LogP contribution >= 0.6 is 0 Å². The molecule has 1 aromatic rings. The molecule has 0 fully saturated rings. The zero-order valence-electron chi connectivity index (χ0n) is 11.3. The number of carbonyl (C=O) groups is 2. The van der Waals surface area contributed by atoms with E-state index < -0.39 is 23.4 Å². The molecule has 2 amide bonds. The van der Waals surface area contributed by atoms with Gasteiger partial charge in [0.2, 0.25) is 0 Å². The van der Waals surface area contributed by atoms with Crippen molar-refractivity contribution in [3.05, 3.63) is 29.6 Å². The number of amides is 2. The number of methoxy groups -OCH3 is 1. The Hall–Kier alpha value is -2.11. The van der Waals surface area contributed by atoms with Crippen LogP contribution in [0.25, 0.3) is 0 Å². The third-order valence-corrected chi connectivity index (χ3v) is 2.14. The van der Waals surface area contributed by atoms with Gasteiger partial charge in [-0.3, -0.25) is 10.1 Å². The van der Waals surface area contributed by atoms with E-state index in [1.807, 2.05) is 0 Å². The molecule has 0 spiro atoms. The molecule has 0 atom stereocenters. The highest BCUT2D eigenvalue weighted by Gasteiger charge is 2.19. The molecule has 104 valence electrons. The van der Waals surface area contributed by atoms with Crippen LogP contribution in [0.2, 0.25) is 0 Å². The summed E-state index contributed by atoms with van der Waals surface area (Å²) in [4.78, 5) is 23.2. The van der Waals surface area contributed by atoms with E-state index >= 15 is 0 Å². The van der Waals surface area contributed by atoms with Crippen LogP contribution in [0.15, 0.2) is 18.2 Å². The lowest BCUT2D eigenvalue weighted by Gasteiger charge is -2.21. The summed E-state index contributed by atoms with van der Waals surface area (Å²) in [5.74, 6) is -1.03. The standard InChI is InChI=1S/C13H17FN2O3/c1-13(2,3)16-11(17)9-7-8(14)5-6-10(9)15-12(18)19-4/h5-7H,1-4H3,(H,15,18)(H,16,17). The first-order valence-corrected chi connectivity index (χ1v) is 5.70. The zero-order valence-corrected chi connectivity index (χ0v) is 11.3. The maximum absolute atomic E-state index is 13.2. The number of hydrogen-bond donors (Lipinski definition) is 2. The molecule has 0 saturated heterocycles. The molecule has 19 heavy (non-hydrogen) atoms. The van der Waals surface area contributed by atoms with Crippen molar-refractivity contribution in [1.82, 2.24) is 5.32 Å². The van der Waals surface area contributed by atoms with Gasteiger partial charge in [0, 0.05) is 5.54 Å². The van der Waals surface area contributed by atoms with E-state index in [0.717, 1.165) is 12.1 Å². The molecule has 0 bridgehead atoms. The highest BCUT2D eigenvalue weighted by molar-refractivity contribution is 6.02. The molecule has 0 aliphatic heterocycles. The Morgan fingerprint density at radius 1 is 1.26 bits per heavy atom. The van der Waals surface area contributed by atoms with Gasteiger partial charge < -0.3 is 10.1 Å². The first kappa shape index (κ1) is 14.9. The van der Waals surface area contributed by atoms with Crippen LogP contribution in [0.3, 0.4) is 0 Å². The summed E-state index contributed by atoms with van der Waals surface area (Å²) >= 11 is 0. The van der Waals surface area contributed by atoms with Gasteiger partial charge >= 0.3 is 6.09 Å². The second-order valence-electron chi connectivity index (χ2n) is 5.01. The van der Waals surface area contributed by atoms with Crippen molar-refractivity contribution in [2.45, 2.75) is 26.3 Å². The van der Waals surface area contributed by atoms with Crippen LogP contribution in [0.1, 0.15) is 31.1 Å². The smallest absolute Gasteiger partial charge is 0.411 e. The fraction of sp³-hybridized carbons (Fsp3) is 0.385. The van der Waals surface area contributed by atoms with Gasteiger partial charge in [-0.15, -0.1) is 0 Å². The predicted octanol–water partition coefficient (Wildman–Crippen LogP) is 2.53. The second kappa shape index (κ2) is 5.69. The van der Waals surface area contributed by atoms with Gasteiger partial charge in [0.05, 0.1) is 18.4 Å². The number of rotatable bonds is 2. The van der Waals surface area contributed by atoms with Crippen LogP contribution in [0.5, 0.6) is 0 Å². The molecule has 5 nitrogen and oxygen atoms in total. The average molecular weight is 268 g/mol. The minimum atomic E-state index is -0.726. The third-order valence-electron chi connectivity index (χ3n) is 2.14. The molecular weight excluding hydrogens is 251 g/mol. The van der Waals surface area contributed by atoms with Crippen LogP contribution in [0, 0.1) is 5.82 Å². The lowest BCUT2D eigenvalue weighted by Crippen LogP contribution is -2.41. The fourth-order valence-corrected chi connectivity index (χ4v) is 1.38. The van der Waals surface area contributed by atoms with Crippen molar-refractivity contribution in [3.8, 4) is 0 Å². The van der Waals surface area contributed by atoms with E-state index in [1.54, 1.807) is 20.8 Å². The number of ether oxygens (including phenoxy) is 1. The Bertz CT molecular complexity index is 495. The molecular formula is C13H17FN2O3. The summed E-state index contributed by atoms with van der Waals surface area (Å²) in [6, 6.07) is 3.52. The third kappa shape index (κ3) is 4.57. The molecule has 0 aromatic heterocycles. The maximum Gasteiger partial charge on any atom is 0.411 e. The molecule has 1 aromatic carbocycles. The zero-order chi connectivity index (χ0) is 14.6. The molecule has 2 N–H and O–H groups in total. The van der Waals surface area contributed by atoms with Gasteiger partial charge in [0.15, 0.2) is 0 Å². The van der Waals surface area contributed by atoms with E-state index in [4.69, 9.17) is 0 Å². The Balaban J connectivity index is 3.06. The van der Waals surface area contributed by atoms with Crippen molar-refractivity contribution in [3.63, 3.8) is 0 Å². The van der Waals surface area contributed by atoms with Gasteiger partial charge in [-0.2, -0.15) is 0 Å². The summed E-state index contributed by atoms with van der Waals surface area (Å²) in [5, 5.41) is 5.06. The Morgan fingerprint density at radius 2 is 1.89 bits per heavy atom. The van der Waals surface area contributed by atoms with E-state index in [1.165, 1.54) is 13.2 Å².